The van der Waals surface area contributed by atoms with Crippen LogP contribution in [0.4, 0.5) is 10.1 Å². The SMILES string of the molecule is CC[C@@H](C)N1C(=O)[C@@H]2[C@H](CC(C)C)[NH2+][C@@]3(C(=O)Nc4ccc(F)cc43)[C@@H]2C1=O. The van der Waals surface area contributed by atoms with Crippen molar-refractivity contribution in [1.82, 2.24) is 4.90 Å². The van der Waals surface area contributed by atoms with Gasteiger partial charge in [0.2, 0.25) is 17.4 Å². The smallest absolute Gasteiger partial charge is 0.291 e. The Morgan fingerprint density at radius 2 is 1.93 bits per heavy atom. The Morgan fingerprint density at radius 3 is 2.57 bits per heavy atom. The zero-order chi connectivity index (χ0) is 20.4. The van der Waals surface area contributed by atoms with Crippen LogP contribution < -0.4 is 10.6 Å². The first kappa shape index (κ1) is 19.1. The second-order valence-electron chi connectivity index (χ2n) is 8.78. The van der Waals surface area contributed by atoms with Gasteiger partial charge in [-0.1, -0.05) is 20.8 Å². The molecule has 1 aromatic rings. The Hall–Kier alpha value is -2.28. The second-order valence-corrected chi connectivity index (χ2v) is 8.78. The first-order valence-corrected chi connectivity index (χ1v) is 10.1. The van der Waals surface area contributed by atoms with Gasteiger partial charge in [-0.25, -0.2) is 4.39 Å². The molecule has 6 nitrogen and oxygen atoms in total. The fraction of sp³-hybridized carbons (Fsp3) is 0.571. The Kier molecular flexibility index (Phi) is 4.34. The molecule has 3 N–H and O–H groups in total. The van der Waals surface area contributed by atoms with E-state index in [1.165, 1.54) is 23.1 Å². The van der Waals surface area contributed by atoms with E-state index < -0.39 is 23.2 Å². The van der Waals surface area contributed by atoms with Gasteiger partial charge in [-0.15, -0.1) is 0 Å². The molecule has 3 aliphatic heterocycles. The number of amides is 3. The average Bonchev–Trinajstić information content (AvgIpc) is 3.20. The molecule has 3 heterocycles. The van der Waals surface area contributed by atoms with Crippen LogP contribution >= 0.6 is 0 Å². The van der Waals surface area contributed by atoms with Gasteiger partial charge >= 0.3 is 0 Å². The molecule has 0 radical (unpaired) electrons. The number of nitrogens with zero attached hydrogens (tertiary/aromatic N) is 1. The van der Waals surface area contributed by atoms with E-state index in [-0.39, 0.29) is 29.8 Å². The number of carbonyl (C=O) groups is 3. The largest absolute Gasteiger partial charge is 0.326 e. The van der Waals surface area contributed by atoms with Gasteiger partial charge in [0.15, 0.2) is 0 Å². The van der Waals surface area contributed by atoms with Crippen LogP contribution in [0, 0.1) is 23.6 Å². The third kappa shape index (κ3) is 2.38. The van der Waals surface area contributed by atoms with E-state index in [1.54, 1.807) is 0 Å². The maximum absolute atomic E-state index is 14.1. The number of carbonyl (C=O) groups excluding carboxylic acids is 3. The van der Waals surface area contributed by atoms with E-state index in [0.717, 1.165) is 0 Å². The molecule has 0 bridgehead atoms. The molecule has 28 heavy (non-hydrogen) atoms. The lowest BCUT2D eigenvalue weighted by molar-refractivity contribution is -0.734. The van der Waals surface area contributed by atoms with Crippen LogP contribution in [-0.4, -0.2) is 34.7 Å². The molecule has 3 amide bonds. The summed E-state index contributed by atoms with van der Waals surface area (Å²) in [5.74, 6) is -2.36. The van der Waals surface area contributed by atoms with Gasteiger partial charge in [0.1, 0.15) is 23.7 Å². The van der Waals surface area contributed by atoms with E-state index in [4.69, 9.17) is 0 Å². The van der Waals surface area contributed by atoms with E-state index in [9.17, 15) is 18.8 Å². The normalized spacial score (nSPS) is 32.3. The maximum atomic E-state index is 14.1. The van der Waals surface area contributed by atoms with Crippen LogP contribution in [0.15, 0.2) is 18.2 Å². The van der Waals surface area contributed by atoms with Crippen molar-refractivity contribution < 1.29 is 24.1 Å². The summed E-state index contributed by atoms with van der Waals surface area (Å²) in [6, 6.07) is 3.74. The highest BCUT2D eigenvalue weighted by Gasteiger charge is 2.74. The molecule has 2 fully saturated rings. The molecule has 0 aromatic heterocycles. The minimum Gasteiger partial charge on any atom is -0.326 e. The third-order valence-corrected chi connectivity index (χ3v) is 6.64. The minimum absolute atomic E-state index is 0.194. The second kappa shape index (κ2) is 6.37. The number of halogens is 1. The zero-order valence-corrected chi connectivity index (χ0v) is 16.7. The number of imide groups is 1. The highest BCUT2D eigenvalue weighted by atomic mass is 19.1. The summed E-state index contributed by atoms with van der Waals surface area (Å²) < 4.78 is 14.1. The van der Waals surface area contributed by atoms with Crippen molar-refractivity contribution in [2.75, 3.05) is 5.32 Å². The summed E-state index contributed by atoms with van der Waals surface area (Å²) in [4.78, 5) is 41.3. The maximum Gasteiger partial charge on any atom is 0.291 e. The first-order chi connectivity index (χ1) is 13.2. The lowest BCUT2D eigenvalue weighted by Crippen LogP contribution is -2.99. The monoisotopic (exact) mass is 388 g/mol. The molecule has 150 valence electrons. The molecule has 1 spiro atoms. The van der Waals surface area contributed by atoms with Gasteiger partial charge in [-0.05, 0) is 37.5 Å². The molecular formula is C21H27FN3O3+. The van der Waals surface area contributed by atoms with Gasteiger partial charge in [0.25, 0.3) is 5.91 Å². The van der Waals surface area contributed by atoms with Gasteiger partial charge in [0.05, 0.1) is 5.69 Å². The highest BCUT2D eigenvalue weighted by Crippen LogP contribution is 2.50. The van der Waals surface area contributed by atoms with Crippen molar-refractivity contribution in [3.8, 4) is 0 Å². The van der Waals surface area contributed by atoms with E-state index in [2.05, 4.69) is 19.2 Å². The molecule has 0 unspecified atom stereocenters. The summed E-state index contributed by atoms with van der Waals surface area (Å²) in [5.41, 5.74) is -0.281. The van der Waals surface area contributed by atoms with Gasteiger partial charge in [-0.2, -0.15) is 0 Å². The zero-order valence-electron chi connectivity index (χ0n) is 16.7. The van der Waals surface area contributed by atoms with E-state index in [0.29, 0.717) is 30.0 Å². The Bertz CT molecular complexity index is 870. The van der Waals surface area contributed by atoms with Crippen LogP contribution in [0.1, 0.15) is 46.1 Å². The number of hydrogen-bond donors (Lipinski definition) is 2. The Balaban J connectivity index is 1.89. The number of nitrogens with two attached hydrogens (primary N) is 1. The molecule has 0 saturated carbocycles. The summed E-state index contributed by atoms with van der Waals surface area (Å²) >= 11 is 0. The standard InChI is InChI=1S/C21H26FN3O3/c1-5-11(4)25-18(26)16-15(8-10(2)3)24-21(17(16)19(25)27)13-9-12(22)6-7-14(13)23-20(21)28/h6-7,9-11,15-17,24H,5,8H2,1-4H3,(H,23,28)/p+1/t11-,15+,16-,17+,21-/m1/s1. The molecule has 7 heteroatoms. The van der Waals surface area contributed by atoms with Crippen molar-refractivity contribution in [3.63, 3.8) is 0 Å². The van der Waals surface area contributed by atoms with Crippen molar-refractivity contribution in [3.05, 3.63) is 29.6 Å². The quantitative estimate of drug-likeness (QED) is 0.764. The van der Waals surface area contributed by atoms with E-state index in [1.807, 2.05) is 19.2 Å². The lowest BCUT2D eigenvalue weighted by Gasteiger charge is -2.28. The Labute approximate surface area is 163 Å². The van der Waals surface area contributed by atoms with Crippen molar-refractivity contribution in [2.24, 2.45) is 17.8 Å². The van der Waals surface area contributed by atoms with Crippen molar-refractivity contribution >= 4 is 23.4 Å². The van der Waals surface area contributed by atoms with Crippen LogP contribution in [0.2, 0.25) is 0 Å². The van der Waals surface area contributed by atoms with Gasteiger partial charge in [-0.3, -0.25) is 19.3 Å². The summed E-state index contributed by atoms with van der Waals surface area (Å²) in [7, 11) is 0. The number of quaternary nitrogens is 1. The number of hydrogen-bond acceptors (Lipinski definition) is 3. The Morgan fingerprint density at radius 1 is 1.21 bits per heavy atom. The summed E-state index contributed by atoms with van der Waals surface area (Å²) in [6.07, 6.45) is 1.36. The molecule has 0 aliphatic carbocycles. The van der Waals surface area contributed by atoms with Crippen molar-refractivity contribution in [2.45, 2.75) is 58.2 Å². The lowest BCUT2D eigenvalue weighted by atomic mass is 9.76. The number of fused-ring (bicyclic) bond motifs is 4. The number of likely N-dealkylation sites (tertiary alicyclic amines) is 1. The summed E-state index contributed by atoms with van der Waals surface area (Å²) in [6.45, 7) is 7.90. The van der Waals surface area contributed by atoms with Gasteiger partial charge in [0, 0.05) is 18.0 Å². The first-order valence-electron chi connectivity index (χ1n) is 10.1. The highest BCUT2D eigenvalue weighted by molar-refractivity contribution is 6.14. The van der Waals surface area contributed by atoms with Crippen LogP contribution in [0.5, 0.6) is 0 Å². The third-order valence-electron chi connectivity index (χ3n) is 6.64. The molecule has 5 atom stereocenters. The molecule has 3 aliphatic rings. The molecular weight excluding hydrogens is 361 g/mol. The average molecular weight is 388 g/mol. The number of nitrogens with one attached hydrogen (secondary N) is 1. The van der Waals surface area contributed by atoms with Gasteiger partial charge < -0.3 is 10.6 Å². The predicted octanol–water partition coefficient (Wildman–Crippen LogP) is 1.36. The van der Waals surface area contributed by atoms with Crippen LogP contribution in [0.3, 0.4) is 0 Å². The molecule has 1 aromatic carbocycles. The molecule has 4 rings (SSSR count). The molecule has 2 saturated heterocycles. The number of anilines is 1. The summed E-state index contributed by atoms with van der Waals surface area (Å²) in [5, 5.41) is 4.69. The fourth-order valence-corrected chi connectivity index (χ4v) is 5.33. The van der Waals surface area contributed by atoms with Crippen LogP contribution in [-0.2, 0) is 19.9 Å². The predicted molar refractivity (Wildman–Crippen MR) is 100 cm³/mol. The van der Waals surface area contributed by atoms with E-state index >= 15 is 0 Å². The number of benzene rings is 1. The fourth-order valence-electron chi connectivity index (χ4n) is 5.33. The van der Waals surface area contributed by atoms with Crippen LogP contribution in [0.25, 0.3) is 0 Å². The van der Waals surface area contributed by atoms with Crippen molar-refractivity contribution in [1.29, 1.82) is 0 Å². The topological polar surface area (TPSA) is 83.1 Å². The number of rotatable bonds is 4. The minimum atomic E-state index is -1.28.